The van der Waals surface area contributed by atoms with Crippen molar-refractivity contribution in [3.8, 4) is 0 Å². The predicted molar refractivity (Wildman–Crippen MR) is 123 cm³/mol. The monoisotopic (exact) mass is 436 g/mol. The molecular formula is C27H48O4. The summed E-state index contributed by atoms with van der Waals surface area (Å²) in [5.41, 5.74) is -1.06. The van der Waals surface area contributed by atoms with Crippen molar-refractivity contribution in [2.75, 3.05) is 6.61 Å². The smallest absolute Gasteiger partial charge is 0.0985 e. The van der Waals surface area contributed by atoms with Crippen molar-refractivity contribution in [2.45, 2.75) is 116 Å². The van der Waals surface area contributed by atoms with Gasteiger partial charge in [0.2, 0.25) is 0 Å². The number of aliphatic hydroxyl groups is 4. The molecule has 0 amide bonds. The van der Waals surface area contributed by atoms with Crippen LogP contribution in [-0.2, 0) is 0 Å². The van der Waals surface area contributed by atoms with Crippen molar-refractivity contribution in [3.05, 3.63) is 0 Å². The highest BCUT2D eigenvalue weighted by atomic mass is 16.3. The summed E-state index contributed by atoms with van der Waals surface area (Å²) in [6.45, 7) is 9.65. The normalized spacial score (nSPS) is 51.5. The van der Waals surface area contributed by atoms with Crippen LogP contribution in [0.1, 0.15) is 98.3 Å². The molecule has 4 nitrogen and oxygen atoms in total. The summed E-state index contributed by atoms with van der Waals surface area (Å²) < 4.78 is 0. The number of aliphatic hydroxyl groups excluding tert-OH is 3. The van der Waals surface area contributed by atoms with Crippen LogP contribution in [0.5, 0.6) is 0 Å². The molecule has 0 bridgehead atoms. The zero-order chi connectivity index (χ0) is 22.6. The van der Waals surface area contributed by atoms with Gasteiger partial charge in [0.05, 0.1) is 17.8 Å². The largest absolute Gasteiger partial charge is 0.396 e. The van der Waals surface area contributed by atoms with Gasteiger partial charge in [0, 0.05) is 18.4 Å². The van der Waals surface area contributed by atoms with Crippen LogP contribution in [-0.4, -0.2) is 44.8 Å². The summed E-state index contributed by atoms with van der Waals surface area (Å²) in [6, 6.07) is 0. The Morgan fingerprint density at radius 2 is 1.68 bits per heavy atom. The lowest BCUT2D eigenvalue weighted by atomic mass is 9.42. The fraction of sp³-hybridized carbons (Fsp3) is 1.00. The Hall–Kier alpha value is -0.160. The molecule has 31 heavy (non-hydrogen) atoms. The molecule has 4 heteroatoms. The maximum Gasteiger partial charge on any atom is 0.0985 e. The molecule has 11 atom stereocenters. The highest BCUT2D eigenvalue weighted by Gasteiger charge is 2.67. The third-order valence-corrected chi connectivity index (χ3v) is 11.3. The Bertz CT molecular complexity index is 639. The highest BCUT2D eigenvalue weighted by molar-refractivity contribution is 5.17. The van der Waals surface area contributed by atoms with Gasteiger partial charge < -0.3 is 20.4 Å². The summed E-state index contributed by atoms with van der Waals surface area (Å²) in [4.78, 5) is 0. The molecule has 4 N–H and O–H groups in total. The topological polar surface area (TPSA) is 80.9 Å². The fourth-order valence-corrected chi connectivity index (χ4v) is 9.32. The van der Waals surface area contributed by atoms with Gasteiger partial charge in [-0.3, -0.25) is 0 Å². The van der Waals surface area contributed by atoms with Gasteiger partial charge in [0.25, 0.3) is 0 Å². The molecule has 4 aliphatic carbocycles. The van der Waals surface area contributed by atoms with Crippen LogP contribution in [0.15, 0.2) is 0 Å². The molecule has 0 spiro atoms. The first-order valence-corrected chi connectivity index (χ1v) is 13.3. The van der Waals surface area contributed by atoms with Crippen LogP contribution < -0.4 is 0 Å². The Morgan fingerprint density at radius 3 is 2.39 bits per heavy atom. The van der Waals surface area contributed by atoms with E-state index in [1.807, 2.05) is 0 Å². The van der Waals surface area contributed by atoms with E-state index in [1.165, 1.54) is 32.1 Å². The summed E-state index contributed by atoms with van der Waals surface area (Å²) in [6.07, 6.45) is 9.97. The minimum atomic E-state index is -1.13. The van der Waals surface area contributed by atoms with Crippen molar-refractivity contribution >= 4 is 0 Å². The van der Waals surface area contributed by atoms with Gasteiger partial charge in [0.15, 0.2) is 0 Å². The first kappa shape index (κ1) is 24.0. The number of hydrogen-bond acceptors (Lipinski definition) is 4. The Morgan fingerprint density at radius 1 is 0.935 bits per heavy atom. The molecule has 4 rings (SSSR count). The molecule has 0 aromatic rings. The number of rotatable bonds is 6. The quantitative estimate of drug-likeness (QED) is 0.493. The van der Waals surface area contributed by atoms with E-state index in [1.54, 1.807) is 0 Å². The zero-order valence-electron chi connectivity index (χ0n) is 20.4. The van der Waals surface area contributed by atoms with Crippen molar-refractivity contribution in [2.24, 2.45) is 46.3 Å². The van der Waals surface area contributed by atoms with E-state index in [2.05, 4.69) is 27.7 Å². The maximum absolute atomic E-state index is 11.6. The van der Waals surface area contributed by atoms with Crippen LogP contribution in [0.25, 0.3) is 0 Å². The first-order valence-electron chi connectivity index (χ1n) is 13.3. The maximum atomic E-state index is 11.6. The van der Waals surface area contributed by atoms with Gasteiger partial charge in [0.1, 0.15) is 0 Å². The minimum Gasteiger partial charge on any atom is -0.396 e. The fourth-order valence-electron chi connectivity index (χ4n) is 9.32. The summed E-state index contributed by atoms with van der Waals surface area (Å²) in [5.74, 6) is 3.49. The SMILES string of the molecule is CC(CO)CCCC(C)[C@H]1CCC2C3C[C@@H](O)C4(O)C[C@@H](O)CC[C@]4(C)C3CC[C@@]21C. The Balaban J connectivity index is 1.50. The second-order valence-electron chi connectivity index (χ2n) is 12.8. The third-order valence-electron chi connectivity index (χ3n) is 11.3. The van der Waals surface area contributed by atoms with E-state index in [9.17, 15) is 20.4 Å². The number of fused-ring (bicyclic) bond motifs is 5. The second-order valence-corrected chi connectivity index (χ2v) is 12.8. The van der Waals surface area contributed by atoms with Gasteiger partial charge in [-0.05, 0) is 92.3 Å². The lowest BCUT2D eigenvalue weighted by molar-refractivity contribution is -0.264. The van der Waals surface area contributed by atoms with Crippen LogP contribution in [0.2, 0.25) is 0 Å². The van der Waals surface area contributed by atoms with E-state index < -0.39 is 17.8 Å². The molecular weight excluding hydrogens is 388 g/mol. The molecule has 0 heterocycles. The average molecular weight is 437 g/mol. The Kier molecular flexibility index (Phi) is 6.62. The van der Waals surface area contributed by atoms with Crippen molar-refractivity contribution in [1.82, 2.24) is 0 Å². The lowest BCUT2D eigenvalue weighted by Gasteiger charge is -2.65. The van der Waals surface area contributed by atoms with Crippen LogP contribution >= 0.6 is 0 Å². The molecule has 0 aromatic carbocycles. The molecule has 0 radical (unpaired) electrons. The van der Waals surface area contributed by atoms with Gasteiger partial charge in [-0.15, -0.1) is 0 Å². The molecule has 4 fully saturated rings. The van der Waals surface area contributed by atoms with Gasteiger partial charge >= 0.3 is 0 Å². The van der Waals surface area contributed by atoms with Crippen LogP contribution in [0.4, 0.5) is 0 Å². The van der Waals surface area contributed by atoms with Gasteiger partial charge in [-0.1, -0.05) is 40.5 Å². The predicted octanol–water partition coefficient (Wildman–Crippen LogP) is 4.53. The second kappa shape index (κ2) is 8.56. The lowest BCUT2D eigenvalue weighted by Crippen LogP contribution is -2.68. The van der Waals surface area contributed by atoms with Crippen molar-refractivity contribution < 1.29 is 20.4 Å². The molecule has 0 aromatic heterocycles. The minimum absolute atomic E-state index is 0.278. The zero-order valence-corrected chi connectivity index (χ0v) is 20.4. The summed E-state index contributed by atoms with van der Waals surface area (Å²) in [7, 11) is 0. The first-order chi connectivity index (χ1) is 14.6. The van der Waals surface area contributed by atoms with Crippen LogP contribution in [0, 0.1) is 46.3 Å². The summed E-state index contributed by atoms with van der Waals surface area (Å²) in [5, 5.41) is 42.4. The molecule has 180 valence electrons. The van der Waals surface area contributed by atoms with E-state index in [4.69, 9.17) is 0 Å². The van der Waals surface area contributed by atoms with E-state index >= 15 is 0 Å². The van der Waals surface area contributed by atoms with Crippen LogP contribution in [0.3, 0.4) is 0 Å². The average Bonchev–Trinajstić information content (AvgIpc) is 3.07. The molecule has 4 saturated carbocycles. The highest BCUT2D eigenvalue weighted by Crippen LogP contribution is 2.69. The Labute approximate surface area is 189 Å². The summed E-state index contributed by atoms with van der Waals surface area (Å²) >= 11 is 0. The van der Waals surface area contributed by atoms with Gasteiger partial charge in [-0.2, -0.15) is 0 Å². The van der Waals surface area contributed by atoms with E-state index in [0.29, 0.717) is 54.5 Å². The van der Waals surface area contributed by atoms with E-state index in [-0.39, 0.29) is 5.41 Å². The third kappa shape index (κ3) is 3.72. The van der Waals surface area contributed by atoms with Gasteiger partial charge in [-0.25, -0.2) is 0 Å². The molecule has 0 aliphatic heterocycles. The molecule has 4 aliphatic rings. The van der Waals surface area contributed by atoms with Crippen molar-refractivity contribution in [1.29, 1.82) is 0 Å². The van der Waals surface area contributed by atoms with E-state index in [0.717, 1.165) is 31.6 Å². The number of hydrogen-bond donors (Lipinski definition) is 4. The van der Waals surface area contributed by atoms with Crippen molar-refractivity contribution in [3.63, 3.8) is 0 Å². The molecule has 6 unspecified atom stereocenters. The molecule has 0 saturated heterocycles. The standard InChI is InChI=1S/C27H48O4/c1-17(16-28)6-5-7-18(2)21-8-9-22-20-14-24(30)27(31)15-19(29)10-13-26(27,4)23(20)11-12-25(21,22)3/h17-24,28-31H,5-16H2,1-4H3/t17?,18?,19-,20?,21+,22?,23?,24+,25+,26+,27?/m0/s1.